The van der Waals surface area contributed by atoms with Crippen molar-refractivity contribution in [2.24, 2.45) is 5.41 Å². The number of aromatic nitrogens is 1. The molecular weight excluding hydrogens is 628 g/mol. The fraction of sp³-hybridized carbons (Fsp3) is 0.273. The molecule has 238 valence electrons. The zero-order chi connectivity index (χ0) is 32.0. The molecular formula is C33H33CaF2N3O7. The van der Waals surface area contributed by atoms with Gasteiger partial charge < -0.3 is 32.8 Å². The Kier molecular flexibility index (Phi) is 11.8. The van der Waals surface area contributed by atoms with Gasteiger partial charge in [0.1, 0.15) is 17.0 Å². The summed E-state index contributed by atoms with van der Waals surface area (Å²) in [4.78, 5) is 40.9. The number of methoxy groups -OCH3 is 1. The van der Waals surface area contributed by atoms with Crippen LogP contribution in [-0.4, -0.2) is 79.3 Å². The van der Waals surface area contributed by atoms with Crippen LogP contribution in [-0.2, 0) is 14.4 Å². The van der Waals surface area contributed by atoms with E-state index >= 15 is 4.39 Å². The van der Waals surface area contributed by atoms with Crippen molar-refractivity contribution >= 4 is 77.8 Å². The molecule has 0 bridgehead atoms. The van der Waals surface area contributed by atoms with E-state index in [0.29, 0.717) is 72.5 Å². The van der Waals surface area contributed by atoms with E-state index in [-0.39, 0.29) is 58.4 Å². The topological polar surface area (TPSA) is 136 Å². The van der Waals surface area contributed by atoms with Crippen LogP contribution >= 0.6 is 0 Å². The first-order valence-corrected chi connectivity index (χ1v) is 14.4. The Morgan fingerprint density at radius 2 is 1.57 bits per heavy atom. The van der Waals surface area contributed by atoms with Crippen LogP contribution in [0.5, 0.6) is 23.0 Å². The average Bonchev–Trinajstić information content (AvgIpc) is 3.83. The molecule has 1 saturated carbocycles. The number of amides is 2. The van der Waals surface area contributed by atoms with E-state index in [1.165, 1.54) is 49.7 Å². The van der Waals surface area contributed by atoms with Crippen LogP contribution in [0.2, 0.25) is 0 Å². The van der Waals surface area contributed by atoms with Gasteiger partial charge in [-0.2, -0.15) is 0 Å². The molecule has 1 heterocycles. The van der Waals surface area contributed by atoms with Gasteiger partial charge in [0.15, 0.2) is 23.1 Å². The van der Waals surface area contributed by atoms with Gasteiger partial charge in [0.2, 0.25) is 11.8 Å². The molecule has 3 N–H and O–H groups in total. The molecule has 0 unspecified atom stereocenters. The second-order valence-corrected chi connectivity index (χ2v) is 10.6. The molecule has 0 saturated heterocycles. The van der Waals surface area contributed by atoms with Gasteiger partial charge in [-0.05, 0) is 80.6 Å². The second kappa shape index (κ2) is 15.5. The molecule has 0 radical (unpaired) electrons. The minimum Gasteiger partial charge on any atom is -1.00 e. The molecule has 1 aliphatic rings. The number of carbonyl (C=O) groups is 3. The quantitative estimate of drug-likeness (QED) is 0.0788. The summed E-state index contributed by atoms with van der Waals surface area (Å²) in [6.07, 6.45) is 4.23. The third-order valence-corrected chi connectivity index (χ3v) is 7.41. The van der Waals surface area contributed by atoms with Crippen molar-refractivity contribution in [3.8, 4) is 23.0 Å². The van der Waals surface area contributed by atoms with Crippen molar-refractivity contribution in [3.63, 3.8) is 0 Å². The SMILES string of the molecule is COc1cc2c(Oc3ccc(NC(=O)C4(C(=O)Nc5ccc(F)cc5)CC4)cc3F)ccnc2cc1OCCCCCC(=O)O.[Ca+2].[H-].[H-]. The minimum absolute atomic E-state index is 0. The van der Waals surface area contributed by atoms with Crippen molar-refractivity contribution in [2.45, 2.75) is 38.5 Å². The zero-order valence-corrected chi connectivity index (χ0v) is 27.3. The fourth-order valence-corrected chi connectivity index (χ4v) is 4.72. The number of ether oxygens (including phenoxy) is 3. The summed E-state index contributed by atoms with van der Waals surface area (Å²) >= 11 is 0. The molecule has 4 aromatic rings. The van der Waals surface area contributed by atoms with E-state index in [1.54, 1.807) is 18.2 Å². The number of fused-ring (bicyclic) bond motifs is 1. The summed E-state index contributed by atoms with van der Waals surface area (Å²) in [5.41, 5.74) is -0.260. The van der Waals surface area contributed by atoms with Gasteiger partial charge in [-0.1, -0.05) is 0 Å². The van der Waals surface area contributed by atoms with Crippen LogP contribution in [0.25, 0.3) is 10.9 Å². The Morgan fingerprint density at radius 3 is 2.22 bits per heavy atom. The number of carboxylic acids is 1. The van der Waals surface area contributed by atoms with Gasteiger partial charge in [0.25, 0.3) is 0 Å². The average molecular weight is 662 g/mol. The van der Waals surface area contributed by atoms with E-state index < -0.39 is 34.8 Å². The van der Waals surface area contributed by atoms with E-state index in [4.69, 9.17) is 19.3 Å². The largest absolute Gasteiger partial charge is 2.00 e. The monoisotopic (exact) mass is 661 g/mol. The van der Waals surface area contributed by atoms with E-state index in [1.807, 2.05) is 0 Å². The number of rotatable bonds is 14. The normalized spacial score (nSPS) is 12.8. The number of hydrogen-bond donors (Lipinski definition) is 3. The number of unbranched alkanes of at least 4 members (excludes halogenated alkanes) is 2. The second-order valence-electron chi connectivity index (χ2n) is 10.6. The molecule has 0 atom stereocenters. The predicted molar refractivity (Wildman–Crippen MR) is 170 cm³/mol. The summed E-state index contributed by atoms with van der Waals surface area (Å²) in [5, 5.41) is 14.6. The number of halogens is 2. The van der Waals surface area contributed by atoms with Crippen LogP contribution in [0.1, 0.15) is 41.4 Å². The third-order valence-electron chi connectivity index (χ3n) is 7.41. The molecule has 10 nitrogen and oxygen atoms in total. The fourth-order valence-electron chi connectivity index (χ4n) is 4.72. The van der Waals surface area contributed by atoms with Gasteiger partial charge in [-0.15, -0.1) is 0 Å². The number of benzene rings is 3. The molecule has 1 aromatic heterocycles. The predicted octanol–water partition coefficient (Wildman–Crippen LogP) is 6.54. The third kappa shape index (κ3) is 8.42. The maximum Gasteiger partial charge on any atom is 2.00 e. The number of carboxylic acid groups (broad SMARTS) is 1. The summed E-state index contributed by atoms with van der Waals surface area (Å²) in [6.45, 7) is 0.367. The smallest absolute Gasteiger partial charge is 1.00 e. The molecule has 3 aromatic carbocycles. The number of nitrogens with one attached hydrogen (secondary N) is 2. The van der Waals surface area contributed by atoms with Crippen LogP contribution in [0.4, 0.5) is 20.2 Å². The number of pyridine rings is 1. The maximum absolute atomic E-state index is 15.2. The summed E-state index contributed by atoms with van der Waals surface area (Å²) in [7, 11) is 1.49. The van der Waals surface area contributed by atoms with Crippen LogP contribution in [0.15, 0.2) is 66.9 Å². The first-order chi connectivity index (χ1) is 21.7. The minimum atomic E-state index is -1.29. The zero-order valence-electron chi connectivity index (χ0n) is 27.1. The van der Waals surface area contributed by atoms with Crippen molar-refractivity contribution in [3.05, 3.63) is 78.5 Å². The van der Waals surface area contributed by atoms with Crippen LogP contribution in [0, 0.1) is 17.0 Å². The number of aliphatic carboxylic acids is 1. The summed E-state index contributed by atoms with van der Waals surface area (Å²) < 4.78 is 45.6. The molecule has 1 aliphatic carbocycles. The summed E-state index contributed by atoms with van der Waals surface area (Å²) in [5.74, 6) is -2.02. The van der Waals surface area contributed by atoms with Gasteiger partial charge in [0.05, 0.1) is 19.2 Å². The van der Waals surface area contributed by atoms with Crippen LogP contribution in [0.3, 0.4) is 0 Å². The Morgan fingerprint density at radius 1 is 0.870 bits per heavy atom. The maximum atomic E-state index is 15.2. The van der Waals surface area contributed by atoms with Gasteiger partial charge in [-0.3, -0.25) is 19.4 Å². The molecule has 2 amide bonds. The van der Waals surface area contributed by atoms with Gasteiger partial charge in [0, 0.05) is 41.5 Å². The Labute approximate surface area is 296 Å². The number of nitrogens with zero attached hydrogens (tertiary/aromatic N) is 1. The van der Waals surface area contributed by atoms with E-state index in [9.17, 15) is 18.8 Å². The van der Waals surface area contributed by atoms with Crippen molar-refractivity contribution in [1.82, 2.24) is 4.98 Å². The van der Waals surface area contributed by atoms with E-state index in [0.717, 1.165) is 6.07 Å². The molecule has 13 heteroatoms. The molecule has 0 aliphatic heterocycles. The number of hydrogen-bond acceptors (Lipinski definition) is 7. The Hall–Kier alpha value is -4.00. The standard InChI is InChI=1S/C33H31F2N3O7.Ca.2H/c1-43-28-18-23-25(19-29(28)44-16-4-2-3-5-30(39)40)36-15-12-26(23)45-27-11-10-22(17-24(27)35)38-32(42)33(13-14-33)31(41)37-21-8-6-20(34)7-9-21;;;/h6-12,15,17-19H,2-5,13-14,16H2,1H3,(H,37,41)(H,38,42)(H,39,40);;;/q;+2;2*-1. The number of anilines is 2. The number of carbonyl (C=O) groups excluding carboxylic acids is 2. The molecule has 1 fully saturated rings. The van der Waals surface area contributed by atoms with Gasteiger partial charge in [-0.25, -0.2) is 8.78 Å². The van der Waals surface area contributed by atoms with Crippen molar-refractivity contribution < 1.29 is 45.3 Å². The first-order valence-electron chi connectivity index (χ1n) is 14.4. The van der Waals surface area contributed by atoms with Crippen LogP contribution < -0.4 is 24.8 Å². The Bertz CT molecular complexity index is 1740. The molecule has 0 spiro atoms. The van der Waals surface area contributed by atoms with Crippen molar-refractivity contribution in [1.29, 1.82) is 0 Å². The summed E-state index contributed by atoms with van der Waals surface area (Å²) in [6, 6.07) is 14.1. The van der Waals surface area contributed by atoms with Gasteiger partial charge >= 0.3 is 43.7 Å². The molecule has 46 heavy (non-hydrogen) atoms. The molecule has 5 rings (SSSR count). The van der Waals surface area contributed by atoms with Crippen molar-refractivity contribution in [2.75, 3.05) is 24.4 Å². The van der Waals surface area contributed by atoms with E-state index in [2.05, 4.69) is 15.6 Å². The Balaban J connectivity index is 0.00000267. The first kappa shape index (κ1) is 34.9.